The van der Waals surface area contributed by atoms with E-state index >= 15 is 0 Å². The molecule has 2 aromatic carbocycles. The number of ether oxygens (including phenoxy) is 2. The molecule has 31 heavy (non-hydrogen) atoms. The van der Waals surface area contributed by atoms with Gasteiger partial charge in [0.25, 0.3) is 5.91 Å². The molecule has 6 nitrogen and oxygen atoms in total. The first-order valence-electron chi connectivity index (χ1n) is 10.6. The smallest absolute Gasteiger partial charge is 0.293 e. The second-order valence-electron chi connectivity index (χ2n) is 8.08. The molecule has 2 aliphatic rings. The zero-order chi connectivity index (χ0) is 22.2. The van der Waals surface area contributed by atoms with E-state index in [1.54, 1.807) is 0 Å². The number of rotatable bonds is 8. The standard InChI is InChI=1S/C25H26N4O2/c1-3-30-25(31-4-2)24(18-27)22(15-19-11-7-5-8-12-19,16-20-13-9-6-10-14-20)23(24,17-26)21(28)29-25/h5-14H,3-4,15-16H2,1-2H3,(H2,28,29)/t23-,24+/m0/s1. The summed E-state index contributed by atoms with van der Waals surface area (Å²) in [4.78, 5) is 4.50. The van der Waals surface area contributed by atoms with Crippen molar-refractivity contribution < 1.29 is 9.47 Å². The van der Waals surface area contributed by atoms with E-state index in [0.717, 1.165) is 11.1 Å². The molecule has 1 aliphatic carbocycles. The molecule has 0 unspecified atom stereocenters. The molecular formula is C25H26N4O2. The molecule has 2 aromatic rings. The summed E-state index contributed by atoms with van der Waals surface area (Å²) >= 11 is 0. The monoisotopic (exact) mass is 414 g/mol. The molecule has 0 aromatic heterocycles. The van der Waals surface area contributed by atoms with E-state index in [9.17, 15) is 10.5 Å². The van der Waals surface area contributed by atoms with Gasteiger partial charge in [-0.15, -0.1) is 0 Å². The van der Waals surface area contributed by atoms with Gasteiger partial charge in [-0.25, -0.2) is 4.99 Å². The van der Waals surface area contributed by atoms with Crippen LogP contribution in [-0.4, -0.2) is 25.0 Å². The average Bonchev–Trinajstić information content (AvgIpc) is 3.21. The van der Waals surface area contributed by atoms with Gasteiger partial charge in [0.1, 0.15) is 11.3 Å². The molecule has 1 fully saturated rings. The van der Waals surface area contributed by atoms with Gasteiger partial charge in [0, 0.05) is 18.6 Å². The van der Waals surface area contributed by atoms with Gasteiger partial charge in [-0.1, -0.05) is 60.7 Å². The summed E-state index contributed by atoms with van der Waals surface area (Å²) in [6, 6.07) is 24.6. The molecule has 0 spiro atoms. The minimum Gasteiger partial charge on any atom is -0.386 e. The Morgan fingerprint density at radius 1 is 0.839 bits per heavy atom. The van der Waals surface area contributed by atoms with Crippen molar-refractivity contribution in [2.24, 2.45) is 27.0 Å². The highest BCUT2D eigenvalue weighted by Gasteiger charge is 3.00. The first-order chi connectivity index (χ1) is 15.0. The lowest BCUT2D eigenvalue weighted by molar-refractivity contribution is -0.261. The van der Waals surface area contributed by atoms with Crippen LogP contribution in [0.3, 0.4) is 0 Å². The van der Waals surface area contributed by atoms with E-state index in [1.165, 1.54) is 0 Å². The first kappa shape index (κ1) is 21.1. The highest BCUT2D eigenvalue weighted by Crippen LogP contribution is 2.87. The fourth-order valence-electron chi connectivity index (χ4n) is 5.70. The van der Waals surface area contributed by atoms with Crippen LogP contribution >= 0.6 is 0 Å². The highest BCUT2D eigenvalue weighted by atomic mass is 16.7. The quantitative estimate of drug-likeness (QED) is 0.665. The second kappa shape index (κ2) is 7.50. The SMILES string of the molecule is CCOC1(OCC)N=C(N)[C@@]2(C#N)C(Cc3ccccc3)(Cc3ccccc3)[C@@]12C#N. The van der Waals surface area contributed by atoms with Crippen LogP contribution in [0, 0.1) is 38.9 Å². The number of nitriles is 2. The molecule has 158 valence electrons. The van der Waals surface area contributed by atoms with Crippen molar-refractivity contribution in [3.8, 4) is 12.1 Å². The Kier molecular flexibility index (Phi) is 5.09. The van der Waals surface area contributed by atoms with Gasteiger partial charge >= 0.3 is 0 Å². The minimum atomic E-state index is -1.62. The number of hydrogen-bond acceptors (Lipinski definition) is 6. The molecule has 2 atom stereocenters. The molecule has 6 heteroatoms. The second-order valence-corrected chi connectivity index (χ2v) is 8.08. The number of benzene rings is 2. The first-order valence-corrected chi connectivity index (χ1v) is 10.6. The lowest BCUT2D eigenvalue weighted by Crippen LogP contribution is -2.46. The average molecular weight is 415 g/mol. The third kappa shape index (κ3) is 2.47. The molecule has 0 amide bonds. The molecular weight excluding hydrogens is 388 g/mol. The number of nitrogens with zero attached hydrogens (tertiary/aromatic N) is 3. The zero-order valence-corrected chi connectivity index (χ0v) is 17.8. The summed E-state index contributed by atoms with van der Waals surface area (Å²) in [6.07, 6.45) is 0.948. The number of aliphatic imine (C=N–C) groups is 1. The molecule has 2 N–H and O–H groups in total. The normalized spacial score (nSPS) is 26.9. The third-order valence-corrected chi connectivity index (χ3v) is 6.77. The molecule has 1 aliphatic heterocycles. The van der Waals surface area contributed by atoms with E-state index in [4.69, 9.17) is 15.2 Å². The van der Waals surface area contributed by atoms with Crippen LogP contribution < -0.4 is 5.73 Å². The minimum absolute atomic E-state index is 0.116. The molecule has 4 rings (SSSR count). The zero-order valence-electron chi connectivity index (χ0n) is 17.8. The van der Waals surface area contributed by atoms with Crippen molar-refractivity contribution in [2.75, 3.05) is 13.2 Å². The summed E-state index contributed by atoms with van der Waals surface area (Å²) in [6.45, 7) is 4.19. The van der Waals surface area contributed by atoms with E-state index in [1.807, 2.05) is 74.5 Å². The summed E-state index contributed by atoms with van der Waals surface area (Å²) < 4.78 is 12.1. The fraction of sp³-hybridized carbons (Fsp3) is 0.400. The lowest BCUT2D eigenvalue weighted by atomic mass is 9.79. The van der Waals surface area contributed by atoms with Crippen LogP contribution in [0.25, 0.3) is 0 Å². The molecule has 0 saturated heterocycles. The predicted octanol–water partition coefficient (Wildman–Crippen LogP) is 3.59. The summed E-state index contributed by atoms with van der Waals surface area (Å²) in [5.74, 6) is -1.50. The number of fused-ring (bicyclic) bond motifs is 1. The maximum atomic E-state index is 10.7. The predicted molar refractivity (Wildman–Crippen MR) is 116 cm³/mol. The van der Waals surface area contributed by atoms with Crippen molar-refractivity contribution >= 4 is 5.84 Å². The Morgan fingerprint density at radius 2 is 1.32 bits per heavy atom. The van der Waals surface area contributed by atoms with Crippen LogP contribution in [0.15, 0.2) is 65.7 Å². The largest absolute Gasteiger partial charge is 0.386 e. The van der Waals surface area contributed by atoms with Crippen molar-refractivity contribution in [3.63, 3.8) is 0 Å². The lowest BCUT2D eigenvalue weighted by Gasteiger charge is -2.35. The molecule has 1 saturated carbocycles. The van der Waals surface area contributed by atoms with Gasteiger partial charge in [0.05, 0.1) is 12.1 Å². The third-order valence-electron chi connectivity index (χ3n) is 6.77. The molecule has 1 heterocycles. The summed E-state index contributed by atoms with van der Waals surface area (Å²) in [5, 5.41) is 21.2. The van der Waals surface area contributed by atoms with Crippen molar-refractivity contribution in [3.05, 3.63) is 71.8 Å². The van der Waals surface area contributed by atoms with Gasteiger partial charge in [0.15, 0.2) is 5.41 Å². The van der Waals surface area contributed by atoms with Crippen LogP contribution in [-0.2, 0) is 22.3 Å². The highest BCUT2D eigenvalue weighted by molar-refractivity contribution is 6.00. The van der Waals surface area contributed by atoms with Crippen LogP contribution in [0.5, 0.6) is 0 Å². The Morgan fingerprint density at radius 3 is 1.71 bits per heavy atom. The Bertz CT molecular complexity index is 1020. The van der Waals surface area contributed by atoms with E-state index in [2.05, 4.69) is 17.1 Å². The van der Waals surface area contributed by atoms with Crippen LogP contribution in [0.1, 0.15) is 25.0 Å². The number of nitrogens with two attached hydrogens (primary N) is 1. The van der Waals surface area contributed by atoms with Gasteiger partial charge in [0.2, 0.25) is 0 Å². The maximum Gasteiger partial charge on any atom is 0.293 e. The van der Waals surface area contributed by atoms with Crippen LogP contribution in [0.4, 0.5) is 0 Å². The molecule has 0 bridgehead atoms. The Hall–Kier alpha value is -3.19. The number of hydrogen-bond donors (Lipinski definition) is 1. The Balaban J connectivity index is 1.97. The molecule has 0 radical (unpaired) electrons. The van der Waals surface area contributed by atoms with Gasteiger partial charge in [-0.05, 0) is 37.8 Å². The van der Waals surface area contributed by atoms with E-state index in [0.29, 0.717) is 12.8 Å². The summed E-state index contributed by atoms with van der Waals surface area (Å²) in [5.41, 5.74) is 4.96. The van der Waals surface area contributed by atoms with Gasteiger partial charge in [-0.3, -0.25) is 0 Å². The topological polar surface area (TPSA) is 104 Å². The van der Waals surface area contributed by atoms with Gasteiger partial charge in [-0.2, -0.15) is 10.5 Å². The van der Waals surface area contributed by atoms with Crippen LogP contribution in [0.2, 0.25) is 0 Å². The van der Waals surface area contributed by atoms with E-state index < -0.39 is 22.2 Å². The Labute approximate surface area is 182 Å². The maximum absolute atomic E-state index is 10.7. The van der Waals surface area contributed by atoms with E-state index in [-0.39, 0.29) is 19.0 Å². The fourth-order valence-corrected chi connectivity index (χ4v) is 5.70. The van der Waals surface area contributed by atoms with Crippen molar-refractivity contribution in [2.45, 2.75) is 32.6 Å². The van der Waals surface area contributed by atoms with Crippen molar-refractivity contribution in [1.29, 1.82) is 10.5 Å². The van der Waals surface area contributed by atoms with Crippen molar-refractivity contribution in [1.82, 2.24) is 0 Å². The number of amidine groups is 1. The summed E-state index contributed by atoms with van der Waals surface area (Å²) in [7, 11) is 0. The van der Waals surface area contributed by atoms with Gasteiger partial charge < -0.3 is 15.2 Å².